The van der Waals surface area contributed by atoms with Gasteiger partial charge in [0.2, 0.25) is 0 Å². The molecule has 0 bridgehead atoms. The molecular weight excluding hydrogens is 393 g/mol. The number of aromatic amines is 2. The largest absolute Gasteiger partial charge is 0.364 e. The fraction of sp³-hybridized carbons (Fsp3) is 0.333. The number of benzene rings is 2. The average Bonchev–Trinajstić information content (AvgIpc) is 3.33. The molecule has 30 heavy (non-hydrogen) atoms. The van der Waals surface area contributed by atoms with Gasteiger partial charge in [0.15, 0.2) is 17.5 Å². The van der Waals surface area contributed by atoms with Crippen molar-refractivity contribution < 1.29 is 13.2 Å². The number of anilines is 1. The molecule has 1 aliphatic heterocycles. The maximum absolute atomic E-state index is 15.3. The quantitative estimate of drug-likeness (QED) is 0.531. The van der Waals surface area contributed by atoms with Gasteiger partial charge in [-0.25, -0.2) is 18.2 Å². The summed E-state index contributed by atoms with van der Waals surface area (Å²) in [4.78, 5) is 11.3. The standard InChI is InChI=1S/C21H21F3N6/c1-11(2)29-6-8-30(9-7-29)20-14(23)10-15-19(16(20)24)26-21(25-15)18-12-4-3-5-13(22)17(12)27-28-18/h3-5,10-11H,6-9H2,1-2H3,(H,25,26)(H,27,28). The molecule has 0 saturated carbocycles. The van der Waals surface area contributed by atoms with Crippen LogP contribution >= 0.6 is 0 Å². The van der Waals surface area contributed by atoms with Crippen molar-refractivity contribution in [2.24, 2.45) is 0 Å². The lowest BCUT2D eigenvalue weighted by Crippen LogP contribution is -2.49. The summed E-state index contributed by atoms with van der Waals surface area (Å²) in [5.74, 6) is -1.52. The smallest absolute Gasteiger partial charge is 0.177 e. The molecule has 9 heteroatoms. The minimum Gasteiger partial charge on any atom is -0.364 e. The van der Waals surface area contributed by atoms with E-state index in [1.54, 1.807) is 17.0 Å². The Morgan fingerprint density at radius 3 is 2.53 bits per heavy atom. The molecule has 4 aromatic rings. The van der Waals surface area contributed by atoms with Crippen molar-refractivity contribution in [1.29, 1.82) is 0 Å². The Labute approximate surface area is 170 Å². The molecule has 2 N–H and O–H groups in total. The molecule has 1 fully saturated rings. The van der Waals surface area contributed by atoms with E-state index < -0.39 is 17.5 Å². The van der Waals surface area contributed by atoms with Crippen LogP contribution in [0.2, 0.25) is 0 Å². The molecule has 1 saturated heterocycles. The Morgan fingerprint density at radius 2 is 1.80 bits per heavy atom. The average molecular weight is 414 g/mol. The SMILES string of the molecule is CC(C)N1CCN(c2c(F)cc3[nH]c(-c4n[nH]c5c(F)cccc45)nc3c2F)CC1. The Hall–Kier alpha value is -3.07. The first-order valence-corrected chi connectivity index (χ1v) is 9.93. The highest BCUT2D eigenvalue weighted by Crippen LogP contribution is 2.33. The van der Waals surface area contributed by atoms with E-state index in [-0.39, 0.29) is 28.1 Å². The van der Waals surface area contributed by atoms with E-state index in [2.05, 4.69) is 38.9 Å². The lowest BCUT2D eigenvalue weighted by atomic mass is 10.2. The van der Waals surface area contributed by atoms with Crippen molar-refractivity contribution in [1.82, 2.24) is 25.1 Å². The number of aromatic nitrogens is 4. The molecule has 0 atom stereocenters. The number of piperazine rings is 1. The summed E-state index contributed by atoms with van der Waals surface area (Å²) in [6.45, 7) is 6.78. The normalized spacial score (nSPS) is 15.7. The van der Waals surface area contributed by atoms with Crippen LogP contribution in [0.4, 0.5) is 18.9 Å². The van der Waals surface area contributed by atoms with Crippen molar-refractivity contribution >= 4 is 27.6 Å². The molecule has 5 rings (SSSR count). The number of nitrogens with zero attached hydrogens (tertiary/aromatic N) is 4. The Morgan fingerprint density at radius 1 is 1.03 bits per heavy atom. The number of nitrogens with one attached hydrogen (secondary N) is 2. The van der Waals surface area contributed by atoms with E-state index in [0.717, 1.165) is 13.1 Å². The lowest BCUT2D eigenvalue weighted by Gasteiger charge is -2.38. The fourth-order valence-corrected chi connectivity index (χ4v) is 4.12. The summed E-state index contributed by atoms with van der Waals surface area (Å²) >= 11 is 0. The van der Waals surface area contributed by atoms with Gasteiger partial charge in [-0.05, 0) is 19.9 Å². The fourth-order valence-electron chi connectivity index (χ4n) is 4.12. The molecule has 0 aliphatic carbocycles. The van der Waals surface area contributed by atoms with Crippen LogP contribution in [-0.4, -0.2) is 57.3 Å². The molecule has 2 aromatic carbocycles. The van der Waals surface area contributed by atoms with Gasteiger partial charge in [-0.3, -0.25) is 10.00 Å². The summed E-state index contributed by atoms with van der Waals surface area (Å²) in [7, 11) is 0. The van der Waals surface area contributed by atoms with Gasteiger partial charge in [0.25, 0.3) is 0 Å². The summed E-state index contributed by atoms with van der Waals surface area (Å²) in [5.41, 5.74) is 0.815. The Balaban J connectivity index is 1.56. The molecule has 0 amide bonds. The highest BCUT2D eigenvalue weighted by molar-refractivity contribution is 5.93. The third-order valence-electron chi connectivity index (χ3n) is 5.78. The molecule has 0 spiro atoms. The first-order chi connectivity index (χ1) is 14.4. The molecule has 3 heterocycles. The summed E-state index contributed by atoms with van der Waals surface area (Å²) in [6, 6.07) is 6.24. The molecule has 1 aliphatic rings. The predicted octanol–water partition coefficient (Wildman–Crippen LogP) is 4.05. The number of halogens is 3. The molecule has 0 unspecified atom stereocenters. The van der Waals surface area contributed by atoms with Gasteiger partial charge < -0.3 is 9.88 Å². The summed E-state index contributed by atoms with van der Waals surface area (Å²) in [5, 5.41) is 7.27. The highest BCUT2D eigenvalue weighted by Gasteiger charge is 2.27. The summed E-state index contributed by atoms with van der Waals surface area (Å²) < 4.78 is 44.2. The van der Waals surface area contributed by atoms with Crippen LogP contribution in [0.5, 0.6) is 0 Å². The monoisotopic (exact) mass is 414 g/mol. The number of hydrogen-bond acceptors (Lipinski definition) is 4. The zero-order chi connectivity index (χ0) is 21.0. The second kappa shape index (κ2) is 7.02. The van der Waals surface area contributed by atoms with Crippen molar-refractivity contribution in [3.05, 3.63) is 41.7 Å². The van der Waals surface area contributed by atoms with Crippen LogP contribution in [0.3, 0.4) is 0 Å². The maximum atomic E-state index is 15.3. The number of hydrogen-bond donors (Lipinski definition) is 2. The first-order valence-electron chi connectivity index (χ1n) is 9.93. The molecule has 0 radical (unpaired) electrons. The van der Waals surface area contributed by atoms with Crippen LogP contribution in [0.25, 0.3) is 33.5 Å². The zero-order valence-corrected chi connectivity index (χ0v) is 16.6. The van der Waals surface area contributed by atoms with Gasteiger partial charge in [-0.1, -0.05) is 12.1 Å². The number of H-pyrrole nitrogens is 2. The number of rotatable bonds is 3. The van der Waals surface area contributed by atoms with Crippen molar-refractivity contribution in [3.8, 4) is 11.5 Å². The van der Waals surface area contributed by atoms with Crippen LogP contribution < -0.4 is 4.90 Å². The van der Waals surface area contributed by atoms with E-state index in [4.69, 9.17) is 0 Å². The second-order valence-electron chi connectivity index (χ2n) is 7.85. The first kappa shape index (κ1) is 18.9. The predicted molar refractivity (Wildman–Crippen MR) is 110 cm³/mol. The van der Waals surface area contributed by atoms with Crippen LogP contribution in [0.1, 0.15) is 13.8 Å². The zero-order valence-electron chi connectivity index (χ0n) is 16.6. The van der Waals surface area contributed by atoms with Crippen molar-refractivity contribution in [2.45, 2.75) is 19.9 Å². The number of fused-ring (bicyclic) bond motifs is 2. The highest BCUT2D eigenvalue weighted by atomic mass is 19.1. The lowest BCUT2D eigenvalue weighted by molar-refractivity contribution is 0.208. The topological polar surface area (TPSA) is 63.8 Å². The van der Waals surface area contributed by atoms with Crippen LogP contribution in [-0.2, 0) is 0 Å². The summed E-state index contributed by atoms with van der Waals surface area (Å²) in [6.07, 6.45) is 0. The van der Waals surface area contributed by atoms with E-state index >= 15 is 4.39 Å². The molecule has 6 nitrogen and oxygen atoms in total. The third kappa shape index (κ3) is 2.92. The Kier molecular flexibility index (Phi) is 4.43. The van der Waals surface area contributed by atoms with E-state index in [9.17, 15) is 8.78 Å². The van der Waals surface area contributed by atoms with E-state index in [0.29, 0.717) is 30.2 Å². The van der Waals surface area contributed by atoms with Crippen molar-refractivity contribution in [3.63, 3.8) is 0 Å². The van der Waals surface area contributed by atoms with Gasteiger partial charge in [0, 0.05) is 43.7 Å². The number of imidazole rings is 1. The minimum atomic E-state index is -0.698. The van der Waals surface area contributed by atoms with Gasteiger partial charge in [0.05, 0.1) is 5.52 Å². The maximum Gasteiger partial charge on any atom is 0.177 e. The molecule has 156 valence electrons. The third-order valence-corrected chi connectivity index (χ3v) is 5.78. The van der Waals surface area contributed by atoms with Crippen molar-refractivity contribution in [2.75, 3.05) is 31.1 Å². The van der Waals surface area contributed by atoms with Gasteiger partial charge in [-0.15, -0.1) is 0 Å². The minimum absolute atomic E-state index is 0.0419. The second-order valence-corrected chi connectivity index (χ2v) is 7.85. The van der Waals surface area contributed by atoms with E-state index in [1.807, 2.05) is 0 Å². The number of para-hydroxylation sites is 1. The molecule has 2 aromatic heterocycles. The van der Waals surface area contributed by atoms with Gasteiger partial charge >= 0.3 is 0 Å². The van der Waals surface area contributed by atoms with Crippen LogP contribution in [0.15, 0.2) is 24.3 Å². The Bertz CT molecular complexity index is 1240. The van der Waals surface area contributed by atoms with Crippen LogP contribution in [0, 0.1) is 17.5 Å². The molecular formula is C21H21F3N6. The van der Waals surface area contributed by atoms with E-state index in [1.165, 1.54) is 12.1 Å². The van der Waals surface area contributed by atoms with Gasteiger partial charge in [-0.2, -0.15) is 5.10 Å². The van der Waals surface area contributed by atoms with Gasteiger partial charge in [0.1, 0.15) is 28.2 Å².